The van der Waals surface area contributed by atoms with Crippen molar-refractivity contribution in [2.75, 3.05) is 75.3 Å². The standard InChI is InChI=1S/C47H49F2N7O7.C2H6O2S/c1-4-62-40-24-29(8-13-38(40)61-3)27-56-44(58)33-6-5-7-36(42(33)45(56)59)54-22-17-47(49,18-23-54)28-53-19-14-31(15-20-53)30-9-11-32(12-10-30)63-39-26-37-34(25-35(39)48)43(51-52(37)2)55-21-16-41(57)50-46(55)60;1-5(2,3)4/h5-13,24-26,31H,4,14-23,27-28H2,1-3H3,(H,50,57,60);1-2H3. The van der Waals surface area contributed by atoms with Crippen molar-refractivity contribution in [1.82, 2.24) is 24.9 Å². The van der Waals surface area contributed by atoms with Crippen LogP contribution in [0.5, 0.6) is 23.0 Å². The lowest BCUT2D eigenvalue weighted by atomic mass is 9.87. The van der Waals surface area contributed by atoms with Gasteiger partial charge < -0.3 is 24.0 Å². The minimum absolute atomic E-state index is 0.0167. The van der Waals surface area contributed by atoms with E-state index in [1.54, 1.807) is 49.2 Å². The summed E-state index contributed by atoms with van der Waals surface area (Å²) in [6.07, 6.45) is 4.80. The number of piperidine rings is 2. The maximum absolute atomic E-state index is 16.5. The Balaban J connectivity index is 0.00000119. The largest absolute Gasteiger partial charge is 0.493 e. The monoisotopic (exact) mass is 955 g/mol. The van der Waals surface area contributed by atoms with Crippen LogP contribution in [0, 0.1) is 5.82 Å². The van der Waals surface area contributed by atoms with Crippen LogP contribution < -0.4 is 29.3 Å². The first kappa shape index (κ1) is 47.9. The van der Waals surface area contributed by atoms with Gasteiger partial charge >= 0.3 is 6.03 Å². The molecule has 68 heavy (non-hydrogen) atoms. The molecule has 3 fully saturated rings. The molecule has 0 spiro atoms. The van der Waals surface area contributed by atoms with E-state index in [2.05, 4.69) is 15.3 Å². The summed E-state index contributed by atoms with van der Waals surface area (Å²) >= 11 is 0. The zero-order valence-corrected chi connectivity index (χ0v) is 39.5. The number of aromatic nitrogens is 2. The fourth-order valence-corrected chi connectivity index (χ4v) is 9.34. The van der Waals surface area contributed by atoms with E-state index in [4.69, 9.17) is 14.2 Å². The molecule has 5 amide bonds. The van der Waals surface area contributed by atoms with Crippen LogP contribution in [0.3, 0.4) is 0 Å². The smallest absolute Gasteiger partial charge is 0.329 e. The molecule has 16 nitrogen and oxygen atoms in total. The number of sulfone groups is 1. The minimum Gasteiger partial charge on any atom is -0.493 e. The summed E-state index contributed by atoms with van der Waals surface area (Å²) in [4.78, 5) is 58.3. The van der Waals surface area contributed by atoms with Crippen LogP contribution in [0.4, 0.5) is 25.1 Å². The third-order valence-electron chi connectivity index (χ3n) is 12.7. The average Bonchev–Trinajstić information content (AvgIpc) is 3.74. The van der Waals surface area contributed by atoms with E-state index in [-0.39, 0.29) is 54.7 Å². The molecule has 0 radical (unpaired) electrons. The molecule has 4 aliphatic heterocycles. The number of rotatable bonds is 12. The van der Waals surface area contributed by atoms with Crippen molar-refractivity contribution in [3.8, 4) is 23.0 Å². The number of imide groups is 2. The number of fused-ring (bicyclic) bond motifs is 2. The SMILES string of the molecule is CCOc1cc(CN2C(=O)c3cccc(N4CCC(F)(CN5CCC(c6ccc(Oc7cc8c(cc7F)c(N7CCC(=O)NC7=O)nn8C)cc6)CC5)CC4)c3C2=O)ccc1OC.CS(C)(=O)=O. The second kappa shape index (κ2) is 19.6. The molecule has 360 valence electrons. The Morgan fingerprint density at radius 2 is 1.57 bits per heavy atom. The normalized spacial score (nSPS) is 17.8. The third-order valence-corrected chi connectivity index (χ3v) is 12.7. The fraction of sp³-hybridized carbons (Fsp3) is 0.408. The number of nitrogens with zero attached hydrogens (tertiary/aromatic N) is 6. The number of hydrogen-bond acceptors (Lipinski definition) is 12. The summed E-state index contributed by atoms with van der Waals surface area (Å²) in [5, 5.41) is 7.13. The number of carbonyl (C=O) groups is 4. The maximum Gasteiger partial charge on any atom is 0.329 e. The Hall–Kier alpha value is -6.60. The highest BCUT2D eigenvalue weighted by molar-refractivity contribution is 7.89. The Bertz CT molecular complexity index is 2850. The minimum atomic E-state index is -2.67. The molecule has 4 aromatic carbocycles. The van der Waals surface area contributed by atoms with E-state index in [1.165, 1.54) is 15.9 Å². The van der Waals surface area contributed by atoms with E-state index >= 15 is 8.78 Å². The average molecular weight is 956 g/mol. The zero-order valence-electron chi connectivity index (χ0n) is 38.7. The van der Waals surface area contributed by atoms with Gasteiger partial charge in [-0.2, -0.15) is 5.10 Å². The number of alkyl halides is 1. The molecule has 5 heterocycles. The molecule has 0 bridgehead atoms. The Labute approximate surface area is 393 Å². The number of benzene rings is 4. The number of likely N-dealkylation sites (tertiary alicyclic amines) is 1. The second-order valence-corrected chi connectivity index (χ2v) is 20.1. The highest BCUT2D eigenvalue weighted by Gasteiger charge is 2.42. The van der Waals surface area contributed by atoms with Gasteiger partial charge in [0, 0.05) is 76.5 Å². The van der Waals surface area contributed by atoms with Gasteiger partial charge in [-0.05, 0) is 92.4 Å². The number of nitrogens with one attached hydrogen (secondary N) is 1. The van der Waals surface area contributed by atoms with Crippen LogP contribution in [0.25, 0.3) is 10.9 Å². The molecule has 1 aromatic heterocycles. The summed E-state index contributed by atoms with van der Waals surface area (Å²) in [5.74, 6) is 0.457. The second-order valence-electron chi connectivity index (χ2n) is 17.8. The number of anilines is 2. The number of amides is 5. The van der Waals surface area contributed by atoms with Crippen molar-refractivity contribution in [3.63, 3.8) is 0 Å². The molecule has 0 saturated carbocycles. The van der Waals surface area contributed by atoms with Crippen LogP contribution >= 0.6 is 0 Å². The molecule has 4 aliphatic rings. The van der Waals surface area contributed by atoms with Crippen molar-refractivity contribution in [1.29, 1.82) is 0 Å². The first-order valence-electron chi connectivity index (χ1n) is 22.6. The molecule has 5 aromatic rings. The summed E-state index contributed by atoms with van der Waals surface area (Å²) in [7, 11) is 0.587. The maximum atomic E-state index is 16.5. The molecule has 3 saturated heterocycles. The first-order valence-corrected chi connectivity index (χ1v) is 24.9. The molecule has 0 aliphatic carbocycles. The third kappa shape index (κ3) is 10.4. The Morgan fingerprint density at radius 1 is 0.868 bits per heavy atom. The van der Waals surface area contributed by atoms with Crippen molar-refractivity contribution in [3.05, 3.63) is 101 Å². The number of ether oxygens (including phenoxy) is 3. The van der Waals surface area contributed by atoms with Gasteiger partial charge in [0.15, 0.2) is 28.9 Å². The predicted molar refractivity (Wildman–Crippen MR) is 252 cm³/mol. The van der Waals surface area contributed by atoms with E-state index in [0.717, 1.165) is 49.6 Å². The number of carbonyl (C=O) groups excluding carboxylic acids is 4. The summed E-state index contributed by atoms with van der Waals surface area (Å²) in [6, 6.07) is 20.6. The van der Waals surface area contributed by atoms with Crippen molar-refractivity contribution in [2.24, 2.45) is 7.05 Å². The van der Waals surface area contributed by atoms with Crippen molar-refractivity contribution in [2.45, 2.75) is 57.2 Å². The number of methoxy groups -OCH3 is 1. The fourth-order valence-electron chi connectivity index (χ4n) is 9.34. The lowest BCUT2D eigenvalue weighted by molar-refractivity contribution is -0.120. The van der Waals surface area contributed by atoms with Crippen LogP contribution in [0.2, 0.25) is 0 Å². The lowest BCUT2D eigenvalue weighted by Gasteiger charge is -2.42. The first-order chi connectivity index (χ1) is 32.4. The topological polar surface area (TPSA) is 173 Å². The van der Waals surface area contributed by atoms with Gasteiger partial charge in [0.25, 0.3) is 11.8 Å². The van der Waals surface area contributed by atoms with Crippen LogP contribution in [-0.4, -0.2) is 123 Å². The van der Waals surface area contributed by atoms with Gasteiger partial charge in [0.2, 0.25) is 5.91 Å². The quantitative estimate of drug-likeness (QED) is 0.127. The zero-order chi connectivity index (χ0) is 48.5. The van der Waals surface area contributed by atoms with Gasteiger partial charge in [-0.3, -0.25) is 34.2 Å². The van der Waals surface area contributed by atoms with Crippen LogP contribution in [0.15, 0.2) is 72.8 Å². The van der Waals surface area contributed by atoms with E-state index in [9.17, 15) is 27.6 Å². The summed E-state index contributed by atoms with van der Waals surface area (Å²) < 4.78 is 69.8. The van der Waals surface area contributed by atoms with Gasteiger partial charge in [0.05, 0.1) is 42.6 Å². The summed E-state index contributed by atoms with van der Waals surface area (Å²) in [6.45, 7) is 5.25. The molecule has 1 N–H and O–H groups in total. The van der Waals surface area contributed by atoms with Crippen LogP contribution in [0.1, 0.15) is 76.8 Å². The number of halogens is 2. The Morgan fingerprint density at radius 3 is 2.24 bits per heavy atom. The van der Waals surface area contributed by atoms with E-state index in [1.807, 2.05) is 48.2 Å². The molecule has 9 rings (SSSR count). The number of hydrogen-bond donors (Lipinski definition) is 1. The van der Waals surface area contributed by atoms with Crippen molar-refractivity contribution < 1.29 is 50.6 Å². The van der Waals surface area contributed by atoms with Crippen LogP contribution in [-0.2, 0) is 28.2 Å². The van der Waals surface area contributed by atoms with E-state index in [0.29, 0.717) is 84.0 Å². The summed E-state index contributed by atoms with van der Waals surface area (Å²) in [5.41, 5.74) is 2.45. The van der Waals surface area contributed by atoms with E-state index < -0.39 is 27.4 Å². The molecular formula is C49H55F2N7O9S. The van der Waals surface area contributed by atoms with Gasteiger partial charge in [0.1, 0.15) is 21.3 Å². The number of urea groups is 1. The lowest BCUT2D eigenvalue weighted by Crippen LogP contribution is -2.50. The highest BCUT2D eigenvalue weighted by Crippen LogP contribution is 2.39. The predicted octanol–water partition coefficient (Wildman–Crippen LogP) is 7.00. The molecule has 19 heteroatoms. The Kier molecular flexibility index (Phi) is 13.8. The van der Waals surface area contributed by atoms with Gasteiger partial charge in [-0.15, -0.1) is 0 Å². The van der Waals surface area contributed by atoms with Gasteiger partial charge in [-0.1, -0.05) is 24.3 Å². The van der Waals surface area contributed by atoms with Gasteiger partial charge in [-0.25, -0.2) is 22.0 Å². The molecular weight excluding hydrogens is 901 g/mol. The van der Waals surface area contributed by atoms with Crippen molar-refractivity contribution >= 4 is 56.0 Å². The molecule has 0 unspecified atom stereocenters. The highest BCUT2D eigenvalue weighted by atomic mass is 32.2. The number of aryl methyl sites for hydroxylation is 1. The molecule has 0 atom stereocenters.